The van der Waals surface area contributed by atoms with E-state index in [1.807, 2.05) is 0 Å². The van der Waals surface area contributed by atoms with Crippen LogP contribution in [0.3, 0.4) is 0 Å². The monoisotopic (exact) mass is 573 g/mol. The fraction of sp³-hybridized carbons (Fsp3) is 0.393. The average molecular weight is 574 g/mol. The lowest BCUT2D eigenvalue weighted by molar-refractivity contribution is -0.141. The van der Waals surface area contributed by atoms with Crippen molar-refractivity contribution < 1.29 is 28.2 Å². The molecule has 3 aromatic rings. The van der Waals surface area contributed by atoms with E-state index < -0.39 is 23.7 Å². The molecular weight excluding hydrogens is 544 g/mol. The molecule has 1 aromatic heterocycles. The molecule has 0 aliphatic carbocycles. The number of aryl methyl sites for hydroxylation is 1. The van der Waals surface area contributed by atoms with E-state index in [9.17, 15) is 23.5 Å². The Balaban J connectivity index is 1.32. The number of nitrogens with zero attached hydrogens (tertiary/aromatic N) is 4. The van der Waals surface area contributed by atoms with Gasteiger partial charge in [0.05, 0.1) is 41.6 Å². The number of aliphatic hydroxyl groups excluding tert-OH is 1. The van der Waals surface area contributed by atoms with Crippen molar-refractivity contribution in [2.75, 3.05) is 46.4 Å². The predicted octanol–water partition coefficient (Wildman–Crippen LogP) is 3.04. The number of benzene rings is 2. The van der Waals surface area contributed by atoms with Crippen LogP contribution in [0.2, 0.25) is 5.02 Å². The summed E-state index contributed by atoms with van der Waals surface area (Å²) in [5, 5.41) is 13.5. The molecule has 0 unspecified atom stereocenters. The van der Waals surface area contributed by atoms with E-state index in [4.69, 9.17) is 16.3 Å². The molecule has 2 saturated heterocycles. The SMILES string of the molecule is COc1ccc(-c2cnc(C)n2-c2ccc(C(=O)N3CCN(C(=O)[C@@H]4CCNC[C@H]4O)CC3)c(Cl)c2)c(F)c1F. The highest BCUT2D eigenvalue weighted by atomic mass is 35.5. The number of β-amino-alcohol motifs (C(OH)–C–C–N with tert-alkyl or cyclic N) is 1. The highest BCUT2D eigenvalue weighted by Gasteiger charge is 2.35. The highest BCUT2D eigenvalue weighted by Crippen LogP contribution is 2.33. The Hall–Kier alpha value is -3.54. The van der Waals surface area contributed by atoms with E-state index in [1.54, 1.807) is 39.5 Å². The molecule has 12 heteroatoms. The van der Waals surface area contributed by atoms with Crippen molar-refractivity contribution in [3.05, 3.63) is 64.6 Å². The molecular formula is C28H30ClF2N5O4. The van der Waals surface area contributed by atoms with Crippen LogP contribution in [0.25, 0.3) is 16.9 Å². The van der Waals surface area contributed by atoms with Gasteiger partial charge in [-0.2, -0.15) is 4.39 Å². The molecule has 2 aliphatic heterocycles. The summed E-state index contributed by atoms with van der Waals surface area (Å²) in [6.07, 6.45) is 1.31. The Morgan fingerprint density at radius 1 is 1.10 bits per heavy atom. The molecule has 3 heterocycles. The van der Waals surface area contributed by atoms with Gasteiger partial charge in [0, 0.05) is 44.0 Å². The maximum Gasteiger partial charge on any atom is 0.255 e. The minimum absolute atomic E-state index is 0.000369. The summed E-state index contributed by atoms with van der Waals surface area (Å²) in [5.74, 6) is -2.63. The number of halogens is 3. The third kappa shape index (κ3) is 5.16. The van der Waals surface area contributed by atoms with Gasteiger partial charge in [-0.15, -0.1) is 0 Å². The quantitative estimate of drug-likeness (QED) is 0.487. The minimum Gasteiger partial charge on any atom is -0.494 e. The van der Waals surface area contributed by atoms with Gasteiger partial charge < -0.3 is 25.0 Å². The average Bonchev–Trinajstić information content (AvgIpc) is 3.35. The lowest BCUT2D eigenvalue weighted by Crippen LogP contribution is -2.55. The zero-order valence-electron chi connectivity index (χ0n) is 22.2. The Labute approximate surface area is 235 Å². The summed E-state index contributed by atoms with van der Waals surface area (Å²) in [6.45, 7) is 4.24. The standard InChI is InChI=1S/C28H30ClF2N5O4/c1-16-33-14-22(19-5-6-24(40-2)26(31)25(19)30)36(16)17-3-4-18(21(29)13-17)27(38)34-9-11-35(12-10-34)28(39)20-7-8-32-15-23(20)37/h3-6,13-14,20,23,32,37H,7-12,15H2,1-2H3/t20-,23-/m1/s1. The molecule has 2 fully saturated rings. The molecule has 0 spiro atoms. The number of rotatable bonds is 5. The maximum atomic E-state index is 14.9. The van der Waals surface area contributed by atoms with Gasteiger partial charge in [-0.1, -0.05) is 11.6 Å². The lowest BCUT2D eigenvalue weighted by atomic mass is 9.93. The van der Waals surface area contributed by atoms with E-state index in [0.29, 0.717) is 68.5 Å². The van der Waals surface area contributed by atoms with Gasteiger partial charge in [0.1, 0.15) is 5.82 Å². The number of amides is 2. The van der Waals surface area contributed by atoms with Gasteiger partial charge in [-0.3, -0.25) is 14.2 Å². The number of ether oxygens (including phenoxy) is 1. The molecule has 5 rings (SSSR count). The van der Waals surface area contributed by atoms with E-state index >= 15 is 0 Å². The van der Waals surface area contributed by atoms with Gasteiger partial charge >= 0.3 is 0 Å². The zero-order chi connectivity index (χ0) is 28.6. The van der Waals surface area contributed by atoms with E-state index in [0.717, 1.165) is 0 Å². The molecule has 9 nitrogen and oxygen atoms in total. The van der Waals surface area contributed by atoms with Crippen molar-refractivity contribution in [1.82, 2.24) is 24.7 Å². The summed E-state index contributed by atoms with van der Waals surface area (Å²) in [7, 11) is 1.26. The number of piperazine rings is 1. The number of carbonyl (C=O) groups excluding carboxylic acids is 2. The first-order chi connectivity index (χ1) is 19.2. The molecule has 0 radical (unpaired) electrons. The summed E-state index contributed by atoms with van der Waals surface area (Å²) in [4.78, 5) is 33.8. The van der Waals surface area contributed by atoms with Gasteiger partial charge in [0.2, 0.25) is 11.7 Å². The topological polar surface area (TPSA) is 99.9 Å². The third-order valence-electron chi connectivity index (χ3n) is 7.57. The number of piperidine rings is 1. The summed E-state index contributed by atoms with van der Waals surface area (Å²) in [6, 6.07) is 7.62. The number of methoxy groups -OCH3 is 1. The number of imidazole rings is 1. The molecule has 2 amide bonds. The number of nitrogens with one attached hydrogen (secondary N) is 1. The maximum absolute atomic E-state index is 14.9. The summed E-state index contributed by atoms with van der Waals surface area (Å²) >= 11 is 6.57. The zero-order valence-corrected chi connectivity index (χ0v) is 22.9. The number of hydrogen-bond donors (Lipinski definition) is 2. The van der Waals surface area contributed by atoms with Crippen molar-refractivity contribution in [3.8, 4) is 22.7 Å². The second-order valence-electron chi connectivity index (χ2n) is 9.92. The lowest BCUT2D eigenvalue weighted by Gasteiger charge is -2.38. The van der Waals surface area contributed by atoms with Gasteiger partial charge in [-0.05, 0) is 50.2 Å². The van der Waals surface area contributed by atoms with Crippen LogP contribution in [0.1, 0.15) is 22.6 Å². The third-order valence-corrected chi connectivity index (χ3v) is 7.88. The van der Waals surface area contributed by atoms with Crippen LogP contribution in [-0.4, -0.2) is 88.8 Å². The van der Waals surface area contributed by atoms with Crippen LogP contribution >= 0.6 is 11.6 Å². The van der Waals surface area contributed by atoms with Crippen LogP contribution in [0, 0.1) is 24.5 Å². The van der Waals surface area contributed by atoms with Crippen LogP contribution in [0.15, 0.2) is 36.5 Å². The van der Waals surface area contributed by atoms with Gasteiger partial charge in [0.15, 0.2) is 11.6 Å². The van der Waals surface area contributed by atoms with Crippen LogP contribution in [0.4, 0.5) is 8.78 Å². The Kier molecular flexibility index (Phi) is 8.07. The molecule has 2 N–H and O–H groups in total. The second kappa shape index (κ2) is 11.5. The molecule has 40 heavy (non-hydrogen) atoms. The van der Waals surface area contributed by atoms with Crippen LogP contribution in [0.5, 0.6) is 5.75 Å². The smallest absolute Gasteiger partial charge is 0.255 e. The van der Waals surface area contributed by atoms with Crippen molar-refractivity contribution in [2.45, 2.75) is 19.4 Å². The molecule has 2 atom stereocenters. The molecule has 0 saturated carbocycles. The van der Waals surface area contributed by atoms with E-state index in [1.165, 1.54) is 25.4 Å². The Morgan fingerprint density at radius 3 is 2.50 bits per heavy atom. The van der Waals surface area contributed by atoms with Crippen LogP contribution in [-0.2, 0) is 4.79 Å². The highest BCUT2D eigenvalue weighted by molar-refractivity contribution is 6.34. The molecule has 2 aliphatic rings. The van der Waals surface area contributed by atoms with E-state index in [-0.39, 0.29) is 28.1 Å². The number of aliphatic hydroxyl groups is 1. The first-order valence-electron chi connectivity index (χ1n) is 13.0. The summed E-state index contributed by atoms with van der Waals surface area (Å²) in [5.41, 5.74) is 1.13. The van der Waals surface area contributed by atoms with Crippen molar-refractivity contribution in [1.29, 1.82) is 0 Å². The first-order valence-corrected chi connectivity index (χ1v) is 13.4. The Morgan fingerprint density at radius 2 is 1.82 bits per heavy atom. The van der Waals surface area contributed by atoms with Crippen molar-refractivity contribution in [2.24, 2.45) is 5.92 Å². The van der Waals surface area contributed by atoms with Gasteiger partial charge in [-0.25, -0.2) is 9.37 Å². The van der Waals surface area contributed by atoms with Crippen molar-refractivity contribution >= 4 is 23.4 Å². The summed E-state index contributed by atoms with van der Waals surface area (Å²) < 4.78 is 35.8. The van der Waals surface area contributed by atoms with Crippen LogP contribution < -0.4 is 10.1 Å². The fourth-order valence-corrected chi connectivity index (χ4v) is 5.58. The number of hydrogen-bond acceptors (Lipinski definition) is 6. The predicted molar refractivity (Wildman–Crippen MR) is 145 cm³/mol. The fourth-order valence-electron chi connectivity index (χ4n) is 5.33. The number of carbonyl (C=O) groups is 2. The number of aromatic nitrogens is 2. The second-order valence-corrected chi connectivity index (χ2v) is 10.3. The van der Waals surface area contributed by atoms with E-state index in [2.05, 4.69) is 10.3 Å². The van der Waals surface area contributed by atoms with Gasteiger partial charge in [0.25, 0.3) is 5.91 Å². The molecule has 2 aromatic carbocycles. The molecule has 0 bridgehead atoms. The largest absolute Gasteiger partial charge is 0.494 e. The normalized spacial score (nSPS) is 19.6. The first kappa shape index (κ1) is 28.0. The Bertz CT molecular complexity index is 1440. The molecule has 212 valence electrons. The minimum atomic E-state index is -1.10. The van der Waals surface area contributed by atoms with Crippen molar-refractivity contribution in [3.63, 3.8) is 0 Å².